The Balaban J connectivity index is 2.98. The van der Waals surface area contributed by atoms with Crippen molar-refractivity contribution in [2.45, 2.75) is 0 Å². The second kappa shape index (κ2) is 5.23. The highest BCUT2D eigenvalue weighted by molar-refractivity contribution is 5.88. The highest BCUT2D eigenvalue weighted by atomic mass is 16.4. The zero-order valence-corrected chi connectivity index (χ0v) is 8.02. The first kappa shape index (κ1) is 11.4. The summed E-state index contributed by atoms with van der Waals surface area (Å²) in [6.07, 6.45) is 0. The maximum atomic E-state index is 10.2. The molecule has 0 saturated carbocycles. The first-order valence-electron chi connectivity index (χ1n) is 4.18. The molecule has 0 aliphatic rings. The van der Waals surface area contributed by atoms with Crippen LogP contribution in [-0.4, -0.2) is 22.2 Å². The maximum Gasteiger partial charge on any atom is 0.382 e. The van der Waals surface area contributed by atoms with E-state index in [1.807, 2.05) is 11.8 Å². The van der Waals surface area contributed by atoms with E-state index in [1.165, 1.54) is 6.07 Å². The Labute approximate surface area is 91.5 Å². The van der Waals surface area contributed by atoms with Gasteiger partial charge in [0.05, 0.1) is 0 Å². The summed E-state index contributed by atoms with van der Waals surface area (Å²) >= 11 is 0. The van der Waals surface area contributed by atoms with Crippen LogP contribution in [0.3, 0.4) is 0 Å². The van der Waals surface area contributed by atoms with Crippen molar-refractivity contribution in [2.24, 2.45) is 0 Å². The molecule has 0 fully saturated rings. The predicted molar refractivity (Wildman–Crippen MR) is 55.5 cm³/mol. The lowest BCUT2D eigenvalue weighted by molar-refractivity contribution is -0.131. The van der Waals surface area contributed by atoms with Gasteiger partial charge in [-0.3, -0.25) is 0 Å². The number of hydrogen-bond donors (Lipinski definition) is 2. The summed E-state index contributed by atoms with van der Waals surface area (Å²) in [5.74, 6) is 6.29. The highest BCUT2D eigenvalue weighted by Crippen LogP contribution is 2.02. The lowest BCUT2D eigenvalue weighted by Crippen LogP contribution is -1.88. The standard InChI is InChI=1S/C12H6O4/c13-11(14)6-4-9-2-1-3-10(8-9)5-7-12(15)16/h1-3,8H,(H,13,14)(H,15,16). The molecular formula is C12H6O4. The Morgan fingerprint density at radius 1 is 0.938 bits per heavy atom. The summed E-state index contributed by atoms with van der Waals surface area (Å²) in [4.78, 5) is 20.4. The van der Waals surface area contributed by atoms with Gasteiger partial charge in [-0.25, -0.2) is 9.59 Å². The van der Waals surface area contributed by atoms with E-state index in [-0.39, 0.29) is 0 Å². The highest BCUT2D eigenvalue weighted by Gasteiger charge is 1.91. The van der Waals surface area contributed by atoms with Crippen LogP contribution in [0.15, 0.2) is 24.3 Å². The summed E-state index contributed by atoms with van der Waals surface area (Å²) < 4.78 is 0. The fourth-order valence-corrected chi connectivity index (χ4v) is 0.926. The molecule has 0 heterocycles. The molecule has 2 N–H and O–H groups in total. The van der Waals surface area contributed by atoms with Crippen molar-refractivity contribution in [3.8, 4) is 23.7 Å². The molecule has 0 amide bonds. The summed E-state index contributed by atoms with van der Waals surface area (Å²) in [5.41, 5.74) is 0.944. The van der Waals surface area contributed by atoms with Crippen molar-refractivity contribution in [2.75, 3.05) is 0 Å². The van der Waals surface area contributed by atoms with E-state index in [0.29, 0.717) is 11.1 Å². The van der Waals surface area contributed by atoms with E-state index in [0.717, 1.165) is 0 Å². The molecule has 1 aromatic carbocycles. The van der Waals surface area contributed by atoms with Crippen LogP contribution >= 0.6 is 0 Å². The van der Waals surface area contributed by atoms with Gasteiger partial charge in [-0.05, 0) is 18.2 Å². The number of aliphatic carboxylic acids is 2. The molecular weight excluding hydrogens is 208 g/mol. The van der Waals surface area contributed by atoms with Crippen molar-refractivity contribution < 1.29 is 19.8 Å². The molecule has 1 rings (SSSR count). The van der Waals surface area contributed by atoms with Gasteiger partial charge in [0.2, 0.25) is 0 Å². The van der Waals surface area contributed by atoms with E-state index in [9.17, 15) is 9.59 Å². The van der Waals surface area contributed by atoms with Crippen LogP contribution in [0.5, 0.6) is 0 Å². The fourth-order valence-electron chi connectivity index (χ4n) is 0.926. The first-order valence-corrected chi connectivity index (χ1v) is 4.18. The Hall–Kier alpha value is -2.72. The van der Waals surface area contributed by atoms with Crippen LogP contribution in [-0.2, 0) is 9.59 Å². The predicted octanol–water partition coefficient (Wildman–Crippen LogP) is 0.559. The number of hydrogen-bond acceptors (Lipinski definition) is 2. The SMILES string of the molecule is O=C(O)C#Cc1cccc(C#CC(=O)O)c1. The average molecular weight is 214 g/mol. The molecule has 4 heteroatoms. The number of carboxylic acids is 2. The Morgan fingerprint density at radius 2 is 1.38 bits per heavy atom. The quantitative estimate of drug-likeness (QED) is 0.619. The van der Waals surface area contributed by atoms with E-state index in [2.05, 4.69) is 11.8 Å². The van der Waals surface area contributed by atoms with E-state index in [4.69, 9.17) is 10.2 Å². The number of carboxylic acid groups (broad SMARTS) is 2. The Bertz CT molecular complexity index is 502. The molecule has 0 bridgehead atoms. The molecule has 78 valence electrons. The topological polar surface area (TPSA) is 74.6 Å². The van der Waals surface area contributed by atoms with Gasteiger partial charge in [0.25, 0.3) is 0 Å². The van der Waals surface area contributed by atoms with Gasteiger partial charge in [0.15, 0.2) is 0 Å². The minimum atomic E-state index is -1.22. The van der Waals surface area contributed by atoms with Crippen molar-refractivity contribution in [1.82, 2.24) is 0 Å². The third kappa shape index (κ3) is 3.99. The minimum Gasteiger partial charge on any atom is -0.472 e. The summed E-state index contributed by atoms with van der Waals surface area (Å²) in [6.45, 7) is 0. The monoisotopic (exact) mass is 214 g/mol. The maximum absolute atomic E-state index is 10.2. The minimum absolute atomic E-state index is 0.472. The molecule has 0 aliphatic carbocycles. The van der Waals surface area contributed by atoms with E-state index >= 15 is 0 Å². The van der Waals surface area contributed by atoms with Crippen LogP contribution in [0.1, 0.15) is 11.1 Å². The van der Waals surface area contributed by atoms with Gasteiger partial charge < -0.3 is 10.2 Å². The molecule has 0 aromatic heterocycles. The molecule has 1 aromatic rings. The second-order valence-electron chi connectivity index (χ2n) is 2.69. The molecule has 0 unspecified atom stereocenters. The largest absolute Gasteiger partial charge is 0.472 e. The number of benzene rings is 1. The van der Waals surface area contributed by atoms with Crippen LogP contribution in [0.4, 0.5) is 0 Å². The smallest absolute Gasteiger partial charge is 0.382 e. The Kier molecular flexibility index (Phi) is 3.71. The fraction of sp³-hybridized carbons (Fsp3) is 0. The molecule has 16 heavy (non-hydrogen) atoms. The van der Waals surface area contributed by atoms with Crippen molar-refractivity contribution >= 4 is 11.9 Å². The lowest BCUT2D eigenvalue weighted by atomic mass is 10.1. The van der Waals surface area contributed by atoms with Gasteiger partial charge in [-0.15, -0.1) is 0 Å². The van der Waals surface area contributed by atoms with Gasteiger partial charge in [0, 0.05) is 23.0 Å². The molecule has 0 spiro atoms. The zero-order chi connectivity index (χ0) is 12.0. The van der Waals surface area contributed by atoms with E-state index < -0.39 is 11.9 Å². The third-order valence-electron chi connectivity index (χ3n) is 1.49. The molecule has 0 radical (unpaired) electrons. The number of rotatable bonds is 0. The zero-order valence-electron chi connectivity index (χ0n) is 8.02. The molecule has 4 nitrogen and oxygen atoms in total. The van der Waals surface area contributed by atoms with Gasteiger partial charge in [-0.2, -0.15) is 0 Å². The average Bonchev–Trinajstić information content (AvgIpc) is 2.24. The lowest BCUT2D eigenvalue weighted by Gasteiger charge is -1.91. The first-order chi connectivity index (χ1) is 7.58. The van der Waals surface area contributed by atoms with Gasteiger partial charge >= 0.3 is 11.9 Å². The summed E-state index contributed by atoms with van der Waals surface area (Å²) in [6, 6.07) is 6.37. The van der Waals surface area contributed by atoms with Crippen molar-refractivity contribution in [3.05, 3.63) is 35.4 Å². The van der Waals surface area contributed by atoms with Crippen molar-refractivity contribution in [1.29, 1.82) is 0 Å². The number of carbonyl (C=O) groups is 2. The molecule has 0 saturated heterocycles. The molecule has 0 aliphatic heterocycles. The van der Waals surface area contributed by atoms with Gasteiger partial charge in [0.1, 0.15) is 0 Å². The third-order valence-corrected chi connectivity index (χ3v) is 1.49. The van der Waals surface area contributed by atoms with Gasteiger partial charge in [-0.1, -0.05) is 17.9 Å². The summed E-state index contributed by atoms with van der Waals surface area (Å²) in [7, 11) is 0. The normalized spacial score (nSPS) is 8.00. The van der Waals surface area contributed by atoms with Crippen molar-refractivity contribution in [3.63, 3.8) is 0 Å². The Morgan fingerprint density at radius 3 is 1.75 bits per heavy atom. The van der Waals surface area contributed by atoms with Crippen LogP contribution < -0.4 is 0 Å². The van der Waals surface area contributed by atoms with E-state index in [1.54, 1.807) is 18.2 Å². The second-order valence-corrected chi connectivity index (χ2v) is 2.69. The van der Waals surface area contributed by atoms with Crippen LogP contribution in [0, 0.1) is 23.7 Å². The van der Waals surface area contributed by atoms with Crippen LogP contribution in [0.2, 0.25) is 0 Å². The van der Waals surface area contributed by atoms with Crippen LogP contribution in [0.25, 0.3) is 0 Å². The molecule has 0 atom stereocenters. The summed E-state index contributed by atoms with van der Waals surface area (Å²) in [5, 5.41) is 16.7.